The van der Waals surface area contributed by atoms with Crippen molar-refractivity contribution in [3.05, 3.63) is 60.4 Å². The maximum absolute atomic E-state index is 12.8. The number of anilines is 1. The van der Waals surface area contributed by atoms with E-state index in [1.54, 1.807) is 17.0 Å². The van der Waals surface area contributed by atoms with Crippen molar-refractivity contribution in [2.24, 2.45) is 0 Å². The van der Waals surface area contributed by atoms with Crippen LogP contribution < -0.4 is 4.90 Å². The number of fused-ring (bicyclic) bond motifs is 3. The van der Waals surface area contributed by atoms with Gasteiger partial charge in [-0.1, -0.05) is 36.0 Å². The summed E-state index contributed by atoms with van der Waals surface area (Å²) in [6.45, 7) is 0.705. The molecule has 144 valence electrons. The van der Waals surface area contributed by atoms with Crippen LogP contribution in [0.2, 0.25) is 0 Å². The van der Waals surface area contributed by atoms with Gasteiger partial charge in [-0.2, -0.15) is 0 Å². The molecule has 0 unspecified atom stereocenters. The Kier molecular flexibility index (Phi) is 4.52. The van der Waals surface area contributed by atoms with Gasteiger partial charge in [0.25, 0.3) is 0 Å². The molecule has 0 aliphatic carbocycles. The highest BCUT2D eigenvalue weighted by molar-refractivity contribution is 8.00. The van der Waals surface area contributed by atoms with Gasteiger partial charge in [0.1, 0.15) is 22.5 Å². The smallest absolute Gasteiger partial charge is 0.227 e. The van der Waals surface area contributed by atoms with Crippen molar-refractivity contribution in [2.75, 3.05) is 17.2 Å². The number of hydrogen-bond donors (Lipinski definition) is 0. The largest absolute Gasteiger partial charge is 0.451 e. The van der Waals surface area contributed by atoms with Gasteiger partial charge in [0.15, 0.2) is 11.4 Å². The second-order valence-corrected chi connectivity index (χ2v) is 7.83. The highest BCUT2D eigenvalue weighted by Gasteiger charge is 2.22. The minimum absolute atomic E-state index is 0.0219. The van der Waals surface area contributed by atoms with Crippen LogP contribution in [0.25, 0.3) is 22.1 Å². The van der Waals surface area contributed by atoms with E-state index in [4.69, 9.17) is 4.42 Å². The van der Waals surface area contributed by atoms with E-state index < -0.39 is 0 Å². The number of Topliss-reactive ketones (excluding diaryl/α,β-unsaturated/α-hetero) is 1. The van der Waals surface area contributed by atoms with Gasteiger partial charge in [0.05, 0.1) is 5.75 Å². The Morgan fingerprint density at radius 3 is 2.90 bits per heavy atom. The Hall–Kier alpha value is -3.19. The fraction of sp³-hybridized carbons (Fsp3) is 0.182. The molecule has 2 aromatic heterocycles. The first-order valence-corrected chi connectivity index (χ1v) is 10.4. The number of furan rings is 1. The Labute approximate surface area is 170 Å². The van der Waals surface area contributed by atoms with Crippen LogP contribution in [0.5, 0.6) is 0 Å². The van der Waals surface area contributed by atoms with E-state index in [9.17, 15) is 9.59 Å². The van der Waals surface area contributed by atoms with Crippen LogP contribution in [-0.2, 0) is 4.79 Å². The number of hydrogen-bond acceptors (Lipinski definition) is 6. The molecule has 3 heterocycles. The first-order chi connectivity index (χ1) is 14.2. The molecule has 0 N–H and O–H groups in total. The minimum Gasteiger partial charge on any atom is -0.451 e. The Balaban J connectivity index is 1.38. The molecule has 0 radical (unpaired) electrons. The van der Waals surface area contributed by atoms with E-state index in [1.165, 1.54) is 18.1 Å². The molecule has 5 rings (SSSR count). The first kappa shape index (κ1) is 17.9. The second kappa shape index (κ2) is 7.33. The minimum atomic E-state index is -0.0219. The highest BCUT2D eigenvalue weighted by Crippen LogP contribution is 2.32. The number of benzene rings is 2. The van der Waals surface area contributed by atoms with Crippen molar-refractivity contribution < 1.29 is 14.0 Å². The molecule has 0 spiro atoms. The lowest BCUT2D eigenvalue weighted by Crippen LogP contribution is -2.23. The first-order valence-electron chi connectivity index (χ1n) is 9.39. The van der Waals surface area contributed by atoms with Gasteiger partial charge >= 0.3 is 0 Å². The molecule has 1 saturated heterocycles. The molecule has 2 aromatic carbocycles. The number of aromatic nitrogens is 2. The van der Waals surface area contributed by atoms with Crippen molar-refractivity contribution in [3.8, 4) is 0 Å². The van der Waals surface area contributed by atoms with Crippen molar-refractivity contribution in [1.29, 1.82) is 0 Å². The van der Waals surface area contributed by atoms with Crippen LogP contribution in [-0.4, -0.2) is 34.0 Å². The summed E-state index contributed by atoms with van der Waals surface area (Å²) in [5.41, 5.74) is 3.47. The van der Waals surface area contributed by atoms with Gasteiger partial charge in [-0.3, -0.25) is 9.59 Å². The molecular formula is C22H17N3O3S. The number of amides is 1. The quantitative estimate of drug-likeness (QED) is 0.278. The summed E-state index contributed by atoms with van der Waals surface area (Å²) >= 11 is 1.33. The summed E-state index contributed by atoms with van der Waals surface area (Å²) in [6.07, 6.45) is 2.92. The van der Waals surface area contributed by atoms with Crippen molar-refractivity contribution in [2.45, 2.75) is 17.9 Å². The Bertz CT molecular complexity index is 1250. The summed E-state index contributed by atoms with van der Waals surface area (Å²) in [5.74, 6) is 0.309. The molecule has 6 nitrogen and oxygen atoms in total. The van der Waals surface area contributed by atoms with Crippen LogP contribution in [0.3, 0.4) is 0 Å². The van der Waals surface area contributed by atoms with Gasteiger partial charge in [0, 0.05) is 29.6 Å². The van der Waals surface area contributed by atoms with Gasteiger partial charge < -0.3 is 9.32 Å². The number of para-hydroxylation sites is 1. The lowest BCUT2D eigenvalue weighted by Gasteiger charge is -2.16. The molecule has 7 heteroatoms. The van der Waals surface area contributed by atoms with Crippen molar-refractivity contribution >= 4 is 51.2 Å². The van der Waals surface area contributed by atoms with Crippen LogP contribution in [0.1, 0.15) is 23.2 Å². The summed E-state index contributed by atoms with van der Waals surface area (Å²) in [7, 11) is 0. The fourth-order valence-corrected chi connectivity index (χ4v) is 4.42. The van der Waals surface area contributed by atoms with Gasteiger partial charge in [0.2, 0.25) is 5.91 Å². The molecule has 1 aliphatic heterocycles. The van der Waals surface area contributed by atoms with Crippen LogP contribution in [0.4, 0.5) is 5.69 Å². The lowest BCUT2D eigenvalue weighted by molar-refractivity contribution is -0.117. The van der Waals surface area contributed by atoms with Crippen LogP contribution in [0.15, 0.2) is 64.3 Å². The van der Waals surface area contributed by atoms with Crippen molar-refractivity contribution in [3.63, 3.8) is 0 Å². The summed E-state index contributed by atoms with van der Waals surface area (Å²) in [5, 5.41) is 1.58. The number of nitrogens with zero attached hydrogens (tertiary/aromatic N) is 3. The monoisotopic (exact) mass is 403 g/mol. The van der Waals surface area contributed by atoms with E-state index >= 15 is 0 Å². The SMILES string of the molecule is O=C(CSc1ncnc2c1oc1ccccc12)c1cccc(N2CCCC2=O)c1. The number of carbonyl (C=O) groups is 2. The normalized spacial score (nSPS) is 14.2. The third-order valence-electron chi connectivity index (χ3n) is 5.02. The predicted octanol–water partition coefficient (Wildman–Crippen LogP) is 4.48. The van der Waals surface area contributed by atoms with Crippen LogP contribution >= 0.6 is 11.8 Å². The topological polar surface area (TPSA) is 76.3 Å². The van der Waals surface area contributed by atoms with E-state index in [0.717, 1.165) is 28.6 Å². The zero-order valence-corrected chi connectivity index (χ0v) is 16.3. The lowest BCUT2D eigenvalue weighted by atomic mass is 10.1. The number of carbonyl (C=O) groups excluding carboxylic acids is 2. The van der Waals surface area contributed by atoms with E-state index in [0.29, 0.717) is 29.1 Å². The molecule has 0 saturated carbocycles. The third kappa shape index (κ3) is 3.27. The number of thioether (sulfide) groups is 1. The Morgan fingerprint density at radius 1 is 1.14 bits per heavy atom. The Morgan fingerprint density at radius 2 is 2.03 bits per heavy atom. The van der Waals surface area contributed by atoms with E-state index in [1.807, 2.05) is 36.4 Å². The van der Waals surface area contributed by atoms with Gasteiger partial charge in [-0.25, -0.2) is 9.97 Å². The predicted molar refractivity (Wildman–Crippen MR) is 112 cm³/mol. The fourth-order valence-electron chi connectivity index (χ4n) is 3.59. The second-order valence-electron chi connectivity index (χ2n) is 6.87. The number of rotatable bonds is 5. The van der Waals surface area contributed by atoms with Crippen molar-refractivity contribution in [1.82, 2.24) is 9.97 Å². The van der Waals surface area contributed by atoms with Gasteiger partial charge in [-0.15, -0.1) is 0 Å². The molecule has 1 amide bonds. The molecule has 0 atom stereocenters. The van der Waals surface area contributed by atoms with Gasteiger partial charge in [-0.05, 0) is 30.7 Å². The molecule has 29 heavy (non-hydrogen) atoms. The summed E-state index contributed by atoms with van der Waals surface area (Å²) < 4.78 is 5.92. The maximum Gasteiger partial charge on any atom is 0.227 e. The summed E-state index contributed by atoms with van der Waals surface area (Å²) in [4.78, 5) is 35.1. The van der Waals surface area contributed by atoms with E-state index in [2.05, 4.69) is 9.97 Å². The molecular weight excluding hydrogens is 386 g/mol. The average molecular weight is 403 g/mol. The number of ketones is 1. The summed E-state index contributed by atoms with van der Waals surface area (Å²) in [6, 6.07) is 15.0. The molecule has 1 aliphatic rings. The zero-order valence-electron chi connectivity index (χ0n) is 15.5. The average Bonchev–Trinajstić information content (AvgIpc) is 3.35. The standard InChI is InChI=1S/C22H17N3O3S/c26-17(14-5-3-6-15(11-14)25-10-4-9-19(25)27)12-29-22-21-20(23-13-24-22)16-7-1-2-8-18(16)28-21/h1-3,5-8,11,13H,4,9-10,12H2. The highest BCUT2D eigenvalue weighted by atomic mass is 32.2. The van der Waals surface area contributed by atoms with E-state index in [-0.39, 0.29) is 17.4 Å². The van der Waals surface area contributed by atoms with Crippen LogP contribution in [0, 0.1) is 0 Å². The molecule has 4 aromatic rings. The maximum atomic E-state index is 12.8. The third-order valence-corrected chi connectivity index (χ3v) is 5.99. The zero-order chi connectivity index (χ0) is 19.8. The molecule has 0 bridgehead atoms. The molecule has 1 fully saturated rings.